The fraction of sp³-hybridized carbons (Fsp3) is 0.150. The molecule has 1 heterocycles. The first-order valence-corrected chi connectivity index (χ1v) is 9.09. The van der Waals surface area contributed by atoms with E-state index in [1.165, 1.54) is 18.3 Å². The Balaban J connectivity index is 1.75. The largest absolute Gasteiger partial charge is 0.497 e. The van der Waals surface area contributed by atoms with Gasteiger partial charge in [-0.3, -0.25) is 9.59 Å². The van der Waals surface area contributed by atoms with Crippen LogP contribution >= 0.6 is 11.3 Å². The number of aromatic nitrogens is 1. The Morgan fingerprint density at radius 2 is 1.56 bits per heavy atom. The summed E-state index contributed by atoms with van der Waals surface area (Å²) in [6, 6.07) is 14.5. The van der Waals surface area contributed by atoms with E-state index in [2.05, 4.69) is 15.6 Å². The second-order valence-electron chi connectivity index (χ2n) is 5.87. The lowest BCUT2D eigenvalue weighted by Crippen LogP contribution is -2.11. The van der Waals surface area contributed by atoms with E-state index in [1.807, 2.05) is 31.2 Å². The Morgan fingerprint density at radius 1 is 0.963 bits per heavy atom. The van der Waals surface area contributed by atoms with Gasteiger partial charge in [-0.2, -0.15) is 0 Å². The lowest BCUT2D eigenvalue weighted by Gasteiger charge is -2.06. The molecule has 138 valence electrons. The molecule has 2 N–H and O–H groups in total. The number of nitrogens with one attached hydrogen (secondary N) is 2. The average Bonchev–Trinajstić information content (AvgIpc) is 3.05. The molecule has 6 nitrogen and oxygen atoms in total. The number of hydrogen-bond acceptors (Lipinski definition) is 5. The molecular formula is C20H19N3O3S. The zero-order valence-corrected chi connectivity index (χ0v) is 16.0. The van der Waals surface area contributed by atoms with E-state index >= 15 is 0 Å². The maximum Gasteiger partial charge on any atom is 0.267 e. The molecule has 27 heavy (non-hydrogen) atoms. The van der Waals surface area contributed by atoms with Crippen LogP contribution in [0.4, 0.5) is 11.4 Å². The number of methoxy groups -OCH3 is 1. The van der Waals surface area contributed by atoms with E-state index < -0.39 is 0 Å². The maximum atomic E-state index is 12.6. The Bertz CT molecular complexity index is 963. The molecule has 0 fully saturated rings. The van der Waals surface area contributed by atoms with Crippen molar-refractivity contribution in [3.05, 3.63) is 59.1 Å². The minimum atomic E-state index is -0.211. The zero-order chi connectivity index (χ0) is 19.4. The van der Waals surface area contributed by atoms with E-state index in [9.17, 15) is 9.59 Å². The number of amides is 2. The second kappa shape index (κ2) is 8.01. The van der Waals surface area contributed by atoms with Crippen molar-refractivity contribution in [2.24, 2.45) is 0 Å². The first kappa shape index (κ1) is 18.6. The molecular weight excluding hydrogens is 362 g/mol. The van der Waals surface area contributed by atoms with Crippen LogP contribution in [0.2, 0.25) is 0 Å². The first-order chi connectivity index (χ1) is 13.0. The zero-order valence-electron chi connectivity index (χ0n) is 15.2. The van der Waals surface area contributed by atoms with Gasteiger partial charge in [-0.25, -0.2) is 4.98 Å². The average molecular weight is 381 g/mol. The molecule has 0 radical (unpaired) electrons. The summed E-state index contributed by atoms with van der Waals surface area (Å²) in [6.45, 7) is 3.26. The molecule has 0 atom stereocenters. The molecule has 0 saturated carbocycles. The third-order valence-electron chi connectivity index (χ3n) is 3.80. The summed E-state index contributed by atoms with van der Waals surface area (Å²) in [5, 5.41) is 6.33. The van der Waals surface area contributed by atoms with Gasteiger partial charge in [0.15, 0.2) is 0 Å². The Kier molecular flexibility index (Phi) is 5.52. The molecule has 0 aliphatic heterocycles. The molecule has 0 bridgehead atoms. The maximum absolute atomic E-state index is 12.6. The molecule has 2 amide bonds. The van der Waals surface area contributed by atoms with Gasteiger partial charge < -0.3 is 15.4 Å². The quantitative estimate of drug-likeness (QED) is 0.689. The van der Waals surface area contributed by atoms with Crippen LogP contribution in [0.1, 0.15) is 22.3 Å². The Hall–Kier alpha value is -3.19. The lowest BCUT2D eigenvalue weighted by atomic mass is 10.2. The first-order valence-electron chi connectivity index (χ1n) is 8.27. The second-order valence-corrected chi connectivity index (χ2v) is 6.87. The van der Waals surface area contributed by atoms with Gasteiger partial charge in [0.25, 0.3) is 5.91 Å². The minimum absolute atomic E-state index is 0.141. The number of ether oxygens (including phenoxy) is 1. The van der Waals surface area contributed by atoms with Gasteiger partial charge in [0.2, 0.25) is 5.91 Å². The SMILES string of the molecule is COc1ccc(-c2nc(C)c(C(=O)Nc3ccc(NC(C)=O)cc3)s2)cc1. The van der Waals surface area contributed by atoms with Crippen molar-refractivity contribution in [3.8, 4) is 16.3 Å². The van der Waals surface area contributed by atoms with Gasteiger partial charge in [0, 0.05) is 23.9 Å². The van der Waals surface area contributed by atoms with E-state index in [-0.39, 0.29) is 11.8 Å². The number of carbonyl (C=O) groups excluding carboxylic acids is 2. The fourth-order valence-electron chi connectivity index (χ4n) is 2.49. The van der Waals surface area contributed by atoms with Gasteiger partial charge in [0.1, 0.15) is 15.6 Å². The molecule has 0 spiro atoms. The van der Waals surface area contributed by atoms with Crippen LogP contribution in [0.15, 0.2) is 48.5 Å². The molecule has 0 saturated heterocycles. The lowest BCUT2D eigenvalue weighted by molar-refractivity contribution is -0.114. The van der Waals surface area contributed by atoms with Crippen LogP contribution < -0.4 is 15.4 Å². The summed E-state index contributed by atoms with van der Waals surface area (Å²) in [7, 11) is 1.62. The Labute approximate surface area is 161 Å². The molecule has 0 unspecified atom stereocenters. The molecule has 3 rings (SSSR count). The molecule has 3 aromatic rings. The number of benzene rings is 2. The van der Waals surface area contributed by atoms with Crippen molar-refractivity contribution in [3.63, 3.8) is 0 Å². The van der Waals surface area contributed by atoms with Crippen molar-refractivity contribution in [2.45, 2.75) is 13.8 Å². The number of rotatable bonds is 5. The van der Waals surface area contributed by atoms with Crippen LogP contribution in [-0.2, 0) is 4.79 Å². The highest BCUT2D eigenvalue weighted by Crippen LogP contribution is 2.29. The summed E-state index contributed by atoms with van der Waals surface area (Å²) in [5.41, 5.74) is 2.94. The standard InChI is InChI=1S/C20H19N3O3S/c1-12-18(27-20(21-12)14-4-10-17(26-3)11-5-14)19(25)23-16-8-6-15(7-9-16)22-13(2)24/h4-11H,1-3H3,(H,22,24)(H,23,25). The molecule has 0 aliphatic rings. The number of thiazole rings is 1. The molecule has 2 aromatic carbocycles. The summed E-state index contributed by atoms with van der Waals surface area (Å²) < 4.78 is 5.16. The molecule has 7 heteroatoms. The topological polar surface area (TPSA) is 80.3 Å². The van der Waals surface area contributed by atoms with Gasteiger partial charge in [0.05, 0.1) is 12.8 Å². The number of anilines is 2. The van der Waals surface area contributed by atoms with Crippen LogP contribution in [0.5, 0.6) is 5.75 Å². The smallest absolute Gasteiger partial charge is 0.267 e. The van der Waals surface area contributed by atoms with E-state index in [1.54, 1.807) is 31.4 Å². The molecule has 1 aromatic heterocycles. The van der Waals surface area contributed by atoms with Gasteiger partial charge in [-0.05, 0) is 55.5 Å². The van der Waals surface area contributed by atoms with Crippen LogP contribution in [-0.4, -0.2) is 23.9 Å². The highest BCUT2D eigenvalue weighted by atomic mass is 32.1. The number of hydrogen-bond donors (Lipinski definition) is 2. The number of nitrogens with zero attached hydrogens (tertiary/aromatic N) is 1. The van der Waals surface area contributed by atoms with Crippen LogP contribution in [0.25, 0.3) is 10.6 Å². The van der Waals surface area contributed by atoms with Gasteiger partial charge >= 0.3 is 0 Å². The van der Waals surface area contributed by atoms with E-state index in [0.717, 1.165) is 16.3 Å². The minimum Gasteiger partial charge on any atom is -0.497 e. The van der Waals surface area contributed by atoms with Crippen molar-refractivity contribution < 1.29 is 14.3 Å². The van der Waals surface area contributed by atoms with Gasteiger partial charge in [-0.15, -0.1) is 11.3 Å². The predicted molar refractivity (Wildman–Crippen MR) is 108 cm³/mol. The van der Waals surface area contributed by atoms with E-state index in [0.29, 0.717) is 21.9 Å². The van der Waals surface area contributed by atoms with Gasteiger partial charge in [-0.1, -0.05) is 0 Å². The summed E-state index contributed by atoms with van der Waals surface area (Å²) in [6.07, 6.45) is 0. The number of carbonyl (C=O) groups is 2. The van der Waals surface area contributed by atoms with Crippen molar-refractivity contribution in [2.75, 3.05) is 17.7 Å². The van der Waals surface area contributed by atoms with Crippen LogP contribution in [0, 0.1) is 6.92 Å². The highest BCUT2D eigenvalue weighted by molar-refractivity contribution is 7.17. The number of aryl methyl sites for hydroxylation is 1. The highest BCUT2D eigenvalue weighted by Gasteiger charge is 2.16. The normalized spacial score (nSPS) is 10.3. The summed E-state index contributed by atoms with van der Waals surface area (Å²) in [4.78, 5) is 28.7. The summed E-state index contributed by atoms with van der Waals surface area (Å²) >= 11 is 1.34. The summed E-state index contributed by atoms with van der Waals surface area (Å²) in [5.74, 6) is 0.419. The van der Waals surface area contributed by atoms with Crippen molar-refractivity contribution >= 4 is 34.5 Å². The Morgan fingerprint density at radius 3 is 2.11 bits per heavy atom. The van der Waals surface area contributed by atoms with Crippen LogP contribution in [0.3, 0.4) is 0 Å². The fourth-order valence-corrected chi connectivity index (χ4v) is 3.46. The van der Waals surface area contributed by atoms with Crippen molar-refractivity contribution in [1.82, 2.24) is 4.98 Å². The van der Waals surface area contributed by atoms with Crippen molar-refractivity contribution in [1.29, 1.82) is 0 Å². The predicted octanol–water partition coefficient (Wildman–Crippen LogP) is 4.34. The van der Waals surface area contributed by atoms with E-state index in [4.69, 9.17) is 4.74 Å². The third-order valence-corrected chi connectivity index (χ3v) is 5.01. The monoisotopic (exact) mass is 381 g/mol. The molecule has 0 aliphatic carbocycles. The third kappa shape index (κ3) is 4.51.